The summed E-state index contributed by atoms with van der Waals surface area (Å²) in [6, 6.07) is 15.0. The van der Waals surface area contributed by atoms with Gasteiger partial charge in [-0.2, -0.15) is 0 Å². The molecule has 7 nitrogen and oxygen atoms in total. The van der Waals surface area contributed by atoms with Gasteiger partial charge in [-0.25, -0.2) is 4.99 Å². The number of nitrogens with one attached hydrogen (secondary N) is 1. The van der Waals surface area contributed by atoms with Crippen molar-refractivity contribution in [1.82, 2.24) is 10.2 Å². The molecule has 0 amide bonds. The van der Waals surface area contributed by atoms with E-state index in [2.05, 4.69) is 41.4 Å². The first kappa shape index (κ1) is 24.1. The number of non-ortho nitro benzene ring substituents is 1. The highest BCUT2D eigenvalue weighted by Gasteiger charge is 2.17. The second kappa shape index (κ2) is 11.8. The zero-order valence-electron chi connectivity index (χ0n) is 17.4. The highest BCUT2D eigenvalue weighted by atomic mass is 127. The lowest BCUT2D eigenvalue weighted by atomic mass is 10.1. The van der Waals surface area contributed by atoms with Gasteiger partial charge in [-0.3, -0.25) is 10.1 Å². The molecule has 0 aromatic heterocycles. The lowest BCUT2D eigenvalue weighted by Crippen LogP contribution is -2.41. The van der Waals surface area contributed by atoms with Crippen molar-refractivity contribution in [2.24, 2.45) is 10.9 Å². The van der Waals surface area contributed by atoms with Gasteiger partial charge in [0.2, 0.25) is 0 Å². The van der Waals surface area contributed by atoms with Crippen LogP contribution in [0.25, 0.3) is 0 Å². The van der Waals surface area contributed by atoms with Crippen LogP contribution in [0.4, 0.5) is 5.69 Å². The summed E-state index contributed by atoms with van der Waals surface area (Å²) in [5.74, 6) is 1.31. The van der Waals surface area contributed by atoms with Gasteiger partial charge in [0.1, 0.15) is 0 Å². The minimum Gasteiger partial charge on any atom is -0.381 e. The fourth-order valence-corrected chi connectivity index (χ4v) is 3.22. The van der Waals surface area contributed by atoms with E-state index in [1.165, 1.54) is 23.3 Å². The minimum atomic E-state index is -0.390. The Morgan fingerprint density at radius 2 is 1.87 bits per heavy atom. The van der Waals surface area contributed by atoms with Crippen LogP contribution < -0.4 is 5.32 Å². The summed E-state index contributed by atoms with van der Waals surface area (Å²) in [5.41, 5.74) is 3.48. The van der Waals surface area contributed by atoms with Gasteiger partial charge in [0, 0.05) is 44.8 Å². The Morgan fingerprint density at radius 1 is 1.20 bits per heavy atom. The summed E-state index contributed by atoms with van der Waals surface area (Å²) in [5, 5.41) is 14.3. The first-order valence-electron chi connectivity index (χ1n) is 9.87. The molecule has 0 bridgehead atoms. The zero-order chi connectivity index (χ0) is 20.6. The molecule has 1 unspecified atom stereocenters. The number of benzene rings is 2. The number of rotatable bonds is 7. The monoisotopic (exact) mass is 524 g/mol. The molecule has 2 aromatic carbocycles. The highest BCUT2D eigenvalue weighted by molar-refractivity contribution is 14.0. The maximum absolute atomic E-state index is 10.8. The molecule has 0 aliphatic carbocycles. The van der Waals surface area contributed by atoms with Crippen molar-refractivity contribution in [1.29, 1.82) is 0 Å². The summed E-state index contributed by atoms with van der Waals surface area (Å²) in [4.78, 5) is 17.3. The standard InChI is InChI=1S/C22H28N4O3.HI/c1-17-3-5-19(6-4-17)15-25(2)22(24-14-20-11-12-29-16-20)23-13-18-7-9-21(10-8-18)26(27)28;/h3-10,20H,11-16H2,1-2H3,(H,23,24);1H. The van der Waals surface area contributed by atoms with Gasteiger partial charge in [0.25, 0.3) is 5.69 Å². The predicted molar refractivity (Wildman–Crippen MR) is 129 cm³/mol. The second-order valence-electron chi connectivity index (χ2n) is 7.52. The van der Waals surface area contributed by atoms with E-state index in [0.29, 0.717) is 12.5 Å². The average Bonchev–Trinajstić information content (AvgIpc) is 3.23. The van der Waals surface area contributed by atoms with Crippen LogP contribution in [0.15, 0.2) is 53.5 Å². The van der Waals surface area contributed by atoms with Crippen molar-refractivity contribution in [3.05, 3.63) is 75.3 Å². The van der Waals surface area contributed by atoms with Gasteiger partial charge < -0.3 is 15.0 Å². The number of hydrogen-bond acceptors (Lipinski definition) is 4. The molecule has 1 aliphatic rings. The molecule has 0 spiro atoms. The van der Waals surface area contributed by atoms with Gasteiger partial charge in [0.05, 0.1) is 18.1 Å². The van der Waals surface area contributed by atoms with Crippen molar-refractivity contribution in [3.63, 3.8) is 0 Å². The SMILES string of the molecule is Cc1ccc(CN(C)C(=NCc2ccc([N+](=O)[O-])cc2)NCC2CCOC2)cc1.I. The van der Waals surface area contributed by atoms with Crippen molar-refractivity contribution < 1.29 is 9.66 Å². The van der Waals surface area contributed by atoms with E-state index in [1.54, 1.807) is 12.1 Å². The summed E-state index contributed by atoms with van der Waals surface area (Å²) in [6.45, 7) is 5.70. The van der Waals surface area contributed by atoms with Crippen LogP contribution in [0.3, 0.4) is 0 Å². The number of nitro benzene ring substituents is 1. The van der Waals surface area contributed by atoms with Gasteiger partial charge in [-0.05, 0) is 24.5 Å². The van der Waals surface area contributed by atoms with Gasteiger partial charge in [-0.15, -0.1) is 24.0 Å². The number of nitro groups is 1. The third kappa shape index (κ3) is 7.24. The van der Waals surface area contributed by atoms with Crippen LogP contribution in [0.1, 0.15) is 23.1 Å². The first-order chi connectivity index (χ1) is 14.0. The number of guanidine groups is 1. The Hall–Kier alpha value is -2.20. The molecule has 0 saturated carbocycles. The summed E-state index contributed by atoms with van der Waals surface area (Å²) in [6.07, 6.45) is 1.06. The first-order valence-corrected chi connectivity index (χ1v) is 9.87. The van der Waals surface area contributed by atoms with E-state index in [4.69, 9.17) is 9.73 Å². The lowest BCUT2D eigenvalue weighted by Gasteiger charge is -2.24. The average molecular weight is 524 g/mol. The van der Waals surface area contributed by atoms with Crippen molar-refractivity contribution >= 4 is 35.6 Å². The fraction of sp³-hybridized carbons (Fsp3) is 0.409. The molecule has 8 heteroatoms. The normalized spacial score (nSPS) is 16.1. The molecule has 1 N–H and O–H groups in total. The highest BCUT2D eigenvalue weighted by Crippen LogP contribution is 2.14. The van der Waals surface area contributed by atoms with Gasteiger partial charge in [0.15, 0.2) is 5.96 Å². The van der Waals surface area contributed by atoms with Crippen LogP contribution in [-0.4, -0.2) is 42.6 Å². The fourth-order valence-electron chi connectivity index (χ4n) is 3.22. The van der Waals surface area contributed by atoms with E-state index < -0.39 is 0 Å². The Labute approximate surface area is 194 Å². The molecule has 30 heavy (non-hydrogen) atoms. The number of aryl methyl sites for hydroxylation is 1. The zero-order valence-corrected chi connectivity index (χ0v) is 19.7. The number of hydrogen-bond donors (Lipinski definition) is 1. The summed E-state index contributed by atoms with van der Waals surface area (Å²) < 4.78 is 5.47. The number of halogens is 1. The van der Waals surface area contributed by atoms with E-state index in [0.717, 1.165) is 44.2 Å². The Balaban J connectivity index is 0.00000320. The molecule has 1 fully saturated rings. The van der Waals surface area contributed by atoms with Crippen molar-refractivity contribution in [3.8, 4) is 0 Å². The van der Waals surface area contributed by atoms with Crippen molar-refractivity contribution in [2.45, 2.75) is 26.4 Å². The Morgan fingerprint density at radius 3 is 2.47 bits per heavy atom. The summed E-state index contributed by atoms with van der Waals surface area (Å²) >= 11 is 0. The maximum Gasteiger partial charge on any atom is 0.269 e. The number of ether oxygens (including phenoxy) is 1. The molecule has 3 rings (SSSR count). The van der Waals surface area contributed by atoms with Crippen molar-refractivity contribution in [2.75, 3.05) is 26.8 Å². The maximum atomic E-state index is 10.8. The van der Waals surface area contributed by atoms with E-state index >= 15 is 0 Å². The van der Waals surface area contributed by atoms with E-state index in [9.17, 15) is 10.1 Å². The predicted octanol–water partition coefficient (Wildman–Crippen LogP) is 4.14. The third-order valence-corrected chi connectivity index (χ3v) is 5.03. The van der Waals surface area contributed by atoms with Gasteiger partial charge in [-0.1, -0.05) is 42.0 Å². The minimum absolute atomic E-state index is 0. The van der Waals surface area contributed by atoms with E-state index in [-0.39, 0.29) is 34.6 Å². The number of nitrogens with zero attached hydrogens (tertiary/aromatic N) is 3. The molecule has 1 aliphatic heterocycles. The van der Waals surface area contributed by atoms with Crippen LogP contribution in [0.5, 0.6) is 0 Å². The Kier molecular flexibility index (Phi) is 9.51. The summed E-state index contributed by atoms with van der Waals surface area (Å²) in [7, 11) is 2.02. The number of aliphatic imine (C=N–C) groups is 1. The van der Waals surface area contributed by atoms with Crippen LogP contribution >= 0.6 is 24.0 Å². The molecule has 1 heterocycles. The molecule has 1 atom stereocenters. The largest absolute Gasteiger partial charge is 0.381 e. The molecule has 162 valence electrons. The van der Waals surface area contributed by atoms with Crippen LogP contribution in [0.2, 0.25) is 0 Å². The molecular formula is C22H29IN4O3. The molecule has 0 radical (unpaired) electrons. The Bertz CT molecular complexity index is 834. The van der Waals surface area contributed by atoms with Crippen LogP contribution in [0, 0.1) is 23.0 Å². The van der Waals surface area contributed by atoms with Gasteiger partial charge >= 0.3 is 0 Å². The topological polar surface area (TPSA) is 80.0 Å². The molecule has 2 aromatic rings. The molecule has 1 saturated heterocycles. The van der Waals surface area contributed by atoms with Crippen LogP contribution in [-0.2, 0) is 17.8 Å². The lowest BCUT2D eigenvalue weighted by molar-refractivity contribution is -0.384. The third-order valence-electron chi connectivity index (χ3n) is 5.03. The smallest absolute Gasteiger partial charge is 0.269 e. The van der Waals surface area contributed by atoms with E-state index in [1.807, 2.05) is 7.05 Å². The molecular weight excluding hydrogens is 495 g/mol. The quantitative estimate of drug-likeness (QED) is 0.194. The second-order valence-corrected chi connectivity index (χ2v) is 7.52.